The van der Waals surface area contributed by atoms with E-state index in [1.54, 1.807) is 0 Å². The van der Waals surface area contributed by atoms with Gasteiger partial charge in [-0.25, -0.2) is 0 Å². The Morgan fingerprint density at radius 2 is 1.94 bits per heavy atom. The molecule has 0 amide bonds. The average molecular weight is 265 g/mol. The van der Waals surface area contributed by atoms with E-state index in [-0.39, 0.29) is 6.04 Å². The lowest BCUT2D eigenvalue weighted by Gasteiger charge is -2.27. The van der Waals surface area contributed by atoms with E-state index in [2.05, 4.69) is 0 Å². The van der Waals surface area contributed by atoms with Gasteiger partial charge in [-0.15, -0.1) is 0 Å². The molecule has 1 fully saturated rings. The molecule has 1 aliphatic carbocycles. The Bertz CT molecular complexity index is 413. The van der Waals surface area contributed by atoms with Crippen LogP contribution in [-0.4, -0.2) is 16.0 Å². The van der Waals surface area contributed by atoms with Gasteiger partial charge in [0, 0.05) is 16.7 Å². The van der Waals surface area contributed by atoms with Gasteiger partial charge in [0.2, 0.25) is 0 Å². The van der Waals surface area contributed by atoms with Crippen molar-refractivity contribution in [1.29, 1.82) is 0 Å². The van der Waals surface area contributed by atoms with Crippen LogP contribution in [0.5, 0.6) is 0 Å². The summed E-state index contributed by atoms with van der Waals surface area (Å²) in [6, 6.07) is 7.99. The Balaban J connectivity index is 1.96. The normalized spacial score (nSPS) is 20.6. The SMILES string of the molecule is Cc1ccccc1S(=O)CC(N)C1CCCCC1. The zero-order valence-corrected chi connectivity index (χ0v) is 11.9. The first-order valence-corrected chi connectivity index (χ1v) is 8.20. The molecule has 1 aromatic rings. The van der Waals surface area contributed by atoms with E-state index >= 15 is 0 Å². The van der Waals surface area contributed by atoms with E-state index in [4.69, 9.17) is 5.73 Å². The molecule has 2 nitrogen and oxygen atoms in total. The van der Waals surface area contributed by atoms with Crippen molar-refractivity contribution in [3.8, 4) is 0 Å². The summed E-state index contributed by atoms with van der Waals surface area (Å²) in [6.45, 7) is 2.01. The smallest absolute Gasteiger partial charge is 0.0547 e. The number of nitrogens with two attached hydrogens (primary N) is 1. The Morgan fingerprint density at radius 1 is 1.28 bits per heavy atom. The van der Waals surface area contributed by atoms with E-state index in [9.17, 15) is 4.21 Å². The number of benzene rings is 1. The minimum atomic E-state index is -0.952. The summed E-state index contributed by atoms with van der Waals surface area (Å²) in [4.78, 5) is 0.948. The van der Waals surface area contributed by atoms with Gasteiger partial charge in [0.05, 0.1) is 10.8 Å². The summed E-state index contributed by atoms with van der Waals surface area (Å²) < 4.78 is 12.3. The lowest BCUT2D eigenvalue weighted by Crippen LogP contribution is -2.36. The van der Waals surface area contributed by atoms with E-state index < -0.39 is 10.8 Å². The largest absolute Gasteiger partial charge is 0.327 e. The minimum absolute atomic E-state index is 0.0886. The standard InChI is InChI=1S/C15H23NOS/c1-12-7-5-6-10-15(12)18(17)11-14(16)13-8-3-2-4-9-13/h5-7,10,13-14H,2-4,8-9,11,16H2,1H3. The summed E-state index contributed by atoms with van der Waals surface area (Å²) in [5.74, 6) is 1.18. The maximum Gasteiger partial charge on any atom is 0.0547 e. The van der Waals surface area contributed by atoms with Crippen molar-refractivity contribution >= 4 is 10.8 Å². The second kappa shape index (κ2) is 6.48. The average Bonchev–Trinajstić information content (AvgIpc) is 2.40. The van der Waals surface area contributed by atoms with Crippen LogP contribution in [0.1, 0.15) is 37.7 Å². The molecular weight excluding hydrogens is 242 g/mol. The topological polar surface area (TPSA) is 43.1 Å². The fourth-order valence-electron chi connectivity index (χ4n) is 2.77. The van der Waals surface area contributed by atoms with Gasteiger partial charge in [0.25, 0.3) is 0 Å². The van der Waals surface area contributed by atoms with Gasteiger partial charge in [-0.05, 0) is 37.3 Å². The van der Waals surface area contributed by atoms with Crippen molar-refractivity contribution in [2.24, 2.45) is 11.7 Å². The molecule has 2 unspecified atom stereocenters. The number of aryl methyl sites for hydroxylation is 1. The van der Waals surface area contributed by atoms with Gasteiger partial charge < -0.3 is 5.73 Å². The molecule has 0 bridgehead atoms. The van der Waals surface area contributed by atoms with E-state index in [1.807, 2.05) is 31.2 Å². The molecule has 3 heteroatoms. The molecule has 2 rings (SSSR count). The van der Waals surface area contributed by atoms with Crippen molar-refractivity contribution in [1.82, 2.24) is 0 Å². The van der Waals surface area contributed by atoms with Crippen molar-refractivity contribution < 1.29 is 4.21 Å². The van der Waals surface area contributed by atoms with Crippen LogP contribution in [0.3, 0.4) is 0 Å². The van der Waals surface area contributed by atoms with Gasteiger partial charge in [-0.2, -0.15) is 0 Å². The molecule has 18 heavy (non-hydrogen) atoms. The summed E-state index contributed by atoms with van der Waals surface area (Å²) >= 11 is 0. The molecule has 0 spiro atoms. The van der Waals surface area contributed by atoms with Gasteiger partial charge in [0.1, 0.15) is 0 Å². The van der Waals surface area contributed by atoms with Crippen LogP contribution in [0.4, 0.5) is 0 Å². The highest BCUT2D eigenvalue weighted by atomic mass is 32.2. The second-order valence-corrected chi connectivity index (χ2v) is 6.80. The van der Waals surface area contributed by atoms with Crippen molar-refractivity contribution in [3.05, 3.63) is 29.8 Å². The van der Waals surface area contributed by atoms with Gasteiger partial charge in [-0.1, -0.05) is 37.5 Å². The highest BCUT2D eigenvalue weighted by Gasteiger charge is 2.22. The molecular formula is C15H23NOS. The Kier molecular flexibility index (Phi) is 4.95. The highest BCUT2D eigenvalue weighted by Crippen LogP contribution is 2.26. The molecule has 0 saturated heterocycles. The third-order valence-electron chi connectivity index (χ3n) is 3.94. The fourth-order valence-corrected chi connectivity index (χ4v) is 4.23. The fraction of sp³-hybridized carbons (Fsp3) is 0.600. The van der Waals surface area contributed by atoms with Gasteiger partial charge >= 0.3 is 0 Å². The third kappa shape index (κ3) is 3.42. The van der Waals surface area contributed by atoms with Crippen LogP contribution in [0.25, 0.3) is 0 Å². The second-order valence-electron chi connectivity index (χ2n) is 5.34. The first-order chi connectivity index (χ1) is 8.68. The summed E-state index contributed by atoms with van der Waals surface area (Å²) in [5, 5.41) is 0. The molecule has 1 aliphatic rings. The van der Waals surface area contributed by atoms with Crippen molar-refractivity contribution in [2.75, 3.05) is 5.75 Å². The van der Waals surface area contributed by atoms with Crippen LogP contribution in [0, 0.1) is 12.8 Å². The van der Waals surface area contributed by atoms with Crippen LogP contribution < -0.4 is 5.73 Å². The van der Waals surface area contributed by atoms with Crippen molar-refractivity contribution in [3.63, 3.8) is 0 Å². The Hall–Kier alpha value is -0.670. The Morgan fingerprint density at radius 3 is 2.61 bits per heavy atom. The summed E-state index contributed by atoms with van der Waals surface area (Å²) in [5.41, 5.74) is 7.35. The molecule has 1 saturated carbocycles. The highest BCUT2D eigenvalue weighted by molar-refractivity contribution is 7.85. The molecule has 0 radical (unpaired) electrons. The van der Waals surface area contributed by atoms with Crippen LogP contribution in [0.15, 0.2) is 29.2 Å². The zero-order valence-electron chi connectivity index (χ0n) is 11.1. The Labute approximate surface area is 112 Å². The monoisotopic (exact) mass is 265 g/mol. The van der Waals surface area contributed by atoms with Crippen molar-refractivity contribution in [2.45, 2.75) is 50.0 Å². The molecule has 0 aliphatic heterocycles. The first-order valence-electron chi connectivity index (χ1n) is 6.88. The van der Waals surface area contributed by atoms with E-state index in [0.29, 0.717) is 11.7 Å². The molecule has 1 aromatic carbocycles. The molecule has 2 atom stereocenters. The predicted molar refractivity (Wildman–Crippen MR) is 77.0 cm³/mol. The van der Waals surface area contributed by atoms with Crippen LogP contribution in [0.2, 0.25) is 0 Å². The first kappa shape index (κ1) is 13.8. The quantitative estimate of drug-likeness (QED) is 0.909. The number of hydrogen-bond acceptors (Lipinski definition) is 2. The summed E-state index contributed by atoms with van der Waals surface area (Å²) in [7, 11) is -0.952. The molecule has 2 N–H and O–H groups in total. The van der Waals surface area contributed by atoms with Crippen LogP contribution >= 0.6 is 0 Å². The van der Waals surface area contributed by atoms with Crippen LogP contribution in [-0.2, 0) is 10.8 Å². The van der Waals surface area contributed by atoms with Gasteiger partial charge in [0.15, 0.2) is 0 Å². The number of rotatable bonds is 4. The van der Waals surface area contributed by atoms with E-state index in [0.717, 1.165) is 10.5 Å². The predicted octanol–water partition coefficient (Wildman–Crippen LogP) is 3.01. The third-order valence-corrected chi connectivity index (χ3v) is 5.57. The lowest BCUT2D eigenvalue weighted by molar-refractivity contribution is 0.318. The molecule has 0 aromatic heterocycles. The number of hydrogen-bond donors (Lipinski definition) is 1. The zero-order chi connectivity index (χ0) is 13.0. The maximum absolute atomic E-state index is 12.3. The maximum atomic E-state index is 12.3. The molecule has 0 heterocycles. The minimum Gasteiger partial charge on any atom is -0.327 e. The summed E-state index contributed by atoms with van der Waals surface area (Å²) in [6.07, 6.45) is 6.34. The molecule has 100 valence electrons. The van der Waals surface area contributed by atoms with E-state index in [1.165, 1.54) is 32.1 Å². The lowest BCUT2D eigenvalue weighted by atomic mass is 9.85. The van der Waals surface area contributed by atoms with Gasteiger partial charge in [-0.3, -0.25) is 4.21 Å².